The number of nitro benzene ring substituents is 1. The first-order chi connectivity index (χ1) is 19.6. The molecule has 206 valence electrons. The van der Waals surface area contributed by atoms with Gasteiger partial charge in [-0.2, -0.15) is 9.37 Å². The number of nitrogens with one attached hydrogen (secondary N) is 1. The van der Waals surface area contributed by atoms with Crippen molar-refractivity contribution in [3.63, 3.8) is 0 Å². The van der Waals surface area contributed by atoms with Gasteiger partial charge in [-0.15, -0.1) is 0 Å². The predicted molar refractivity (Wildman–Crippen MR) is 150 cm³/mol. The van der Waals surface area contributed by atoms with Gasteiger partial charge in [0.1, 0.15) is 0 Å². The first-order valence-electron chi connectivity index (χ1n) is 12.2. The molecule has 0 aliphatic heterocycles. The van der Waals surface area contributed by atoms with E-state index in [1.165, 1.54) is 6.07 Å². The molecule has 0 spiro atoms. The van der Waals surface area contributed by atoms with Crippen LogP contribution in [0.25, 0.3) is 33.2 Å². The molecule has 0 saturated carbocycles. The van der Waals surface area contributed by atoms with Crippen LogP contribution in [0.5, 0.6) is 0 Å². The predicted octanol–water partition coefficient (Wildman–Crippen LogP) is 5.90. The number of rotatable bonds is 7. The highest BCUT2D eigenvalue weighted by molar-refractivity contribution is 7.89. The summed E-state index contributed by atoms with van der Waals surface area (Å²) in [4.78, 5) is 19.2. The highest BCUT2D eigenvalue weighted by Crippen LogP contribution is 2.37. The van der Waals surface area contributed by atoms with E-state index in [-0.39, 0.29) is 28.4 Å². The Kier molecular flexibility index (Phi) is 6.22. The Morgan fingerprint density at radius 1 is 0.951 bits per heavy atom. The number of aromatic nitrogens is 4. The Hall–Kier alpha value is -5.17. The van der Waals surface area contributed by atoms with Gasteiger partial charge in [-0.3, -0.25) is 10.1 Å². The average Bonchev–Trinajstić information content (AvgIpc) is 3.47. The number of hydrogen-bond acceptors (Lipinski definition) is 7. The summed E-state index contributed by atoms with van der Waals surface area (Å²) in [6.07, 6.45) is 2.60. The van der Waals surface area contributed by atoms with Gasteiger partial charge in [0.05, 0.1) is 28.0 Å². The summed E-state index contributed by atoms with van der Waals surface area (Å²) in [5.74, 6) is -2.46. The zero-order chi connectivity index (χ0) is 28.9. The lowest BCUT2D eigenvalue weighted by molar-refractivity contribution is -0.387. The maximum absolute atomic E-state index is 15.7. The van der Waals surface area contributed by atoms with Crippen molar-refractivity contribution in [2.75, 3.05) is 5.32 Å². The zero-order valence-electron chi connectivity index (χ0n) is 21.3. The number of para-hydroxylation sites is 1. The molecule has 41 heavy (non-hydrogen) atoms. The Bertz CT molecular complexity index is 2090. The van der Waals surface area contributed by atoms with Gasteiger partial charge in [0, 0.05) is 41.5 Å². The quantitative estimate of drug-likeness (QED) is 0.186. The molecule has 10 nitrogen and oxygen atoms in total. The molecule has 3 aromatic carbocycles. The van der Waals surface area contributed by atoms with Crippen LogP contribution >= 0.6 is 0 Å². The lowest BCUT2D eigenvalue weighted by Gasteiger charge is -2.11. The van der Waals surface area contributed by atoms with E-state index in [1.807, 2.05) is 35.9 Å². The van der Waals surface area contributed by atoms with Crippen LogP contribution in [0, 0.1) is 21.7 Å². The number of halogens is 2. The average molecular weight is 575 g/mol. The van der Waals surface area contributed by atoms with Gasteiger partial charge in [-0.1, -0.05) is 48.5 Å². The van der Waals surface area contributed by atoms with Crippen LogP contribution in [0.1, 0.15) is 5.56 Å². The molecule has 3 heterocycles. The summed E-state index contributed by atoms with van der Waals surface area (Å²) < 4.78 is 59.3. The van der Waals surface area contributed by atoms with Crippen LogP contribution in [0.3, 0.4) is 0 Å². The van der Waals surface area contributed by atoms with Gasteiger partial charge < -0.3 is 9.88 Å². The van der Waals surface area contributed by atoms with E-state index in [0.717, 1.165) is 33.2 Å². The van der Waals surface area contributed by atoms with E-state index < -0.39 is 38.0 Å². The summed E-state index contributed by atoms with van der Waals surface area (Å²) in [6, 6.07) is 18.9. The second kappa shape index (κ2) is 9.78. The van der Waals surface area contributed by atoms with Crippen LogP contribution in [0.2, 0.25) is 0 Å². The van der Waals surface area contributed by atoms with Crippen LogP contribution in [0.4, 0.5) is 26.1 Å². The van der Waals surface area contributed by atoms with E-state index in [0.29, 0.717) is 11.1 Å². The van der Waals surface area contributed by atoms with Crippen LogP contribution in [-0.2, 0) is 22.8 Å². The van der Waals surface area contributed by atoms with Crippen LogP contribution < -0.4 is 5.32 Å². The molecule has 1 N–H and O–H groups in total. The van der Waals surface area contributed by atoms with Crippen molar-refractivity contribution in [1.82, 2.24) is 18.5 Å². The maximum Gasteiger partial charge on any atom is 0.306 e. The zero-order valence-corrected chi connectivity index (χ0v) is 22.1. The summed E-state index contributed by atoms with van der Waals surface area (Å²) >= 11 is 0. The monoisotopic (exact) mass is 574 g/mol. The van der Waals surface area contributed by atoms with Gasteiger partial charge in [-0.05, 0) is 23.8 Å². The van der Waals surface area contributed by atoms with Crippen molar-refractivity contribution in [3.8, 4) is 11.3 Å². The minimum atomic E-state index is -4.15. The molecule has 0 radical (unpaired) electrons. The number of nitro groups is 1. The lowest BCUT2D eigenvalue weighted by Crippen LogP contribution is -2.15. The third-order valence-corrected chi connectivity index (χ3v) is 8.19. The minimum Gasteiger partial charge on any atom is -0.350 e. The summed E-state index contributed by atoms with van der Waals surface area (Å²) in [5.41, 5.74) is 1.02. The second-order valence-corrected chi connectivity index (χ2v) is 11.2. The molecular weight excluding hydrogens is 554 g/mol. The lowest BCUT2D eigenvalue weighted by atomic mass is 10.1. The van der Waals surface area contributed by atoms with Gasteiger partial charge in [-0.25, -0.2) is 21.8 Å². The summed E-state index contributed by atoms with van der Waals surface area (Å²) in [7, 11) is -2.34. The molecule has 6 aromatic rings. The third-order valence-electron chi connectivity index (χ3n) is 6.61. The van der Waals surface area contributed by atoms with Crippen LogP contribution in [-0.4, -0.2) is 31.8 Å². The van der Waals surface area contributed by atoms with E-state index in [1.54, 1.807) is 36.5 Å². The Balaban J connectivity index is 1.59. The molecule has 0 saturated heterocycles. The largest absolute Gasteiger partial charge is 0.350 e. The molecule has 13 heteroatoms. The number of anilines is 2. The Labute approximate surface area is 231 Å². The molecule has 0 aliphatic carbocycles. The molecule has 0 amide bonds. The molecule has 0 atom stereocenters. The van der Waals surface area contributed by atoms with Gasteiger partial charge in [0.15, 0.2) is 11.5 Å². The van der Waals surface area contributed by atoms with Gasteiger partial charge >= 0.3 is 5.69 Å². The topological polar surface area (TPSA) is 125 Å². The van der Waals surface area contributed by atoms with Crippen molar-refractivity contribution >= 4 is 49.3 Å². The maximum atomic E-state index is 15.7. The fourth-order valence-electron chi connectivity index (χ4n) is 4.76. The minimum absolute atomic E-state index is 0.0760. The summed E-state index contributed by atoms with van der Waals surface area (Å²) in [5, 5.41) is 14.7. The van der Waals surface area contributed by atoms with Crippen molar-refractivity contribution < 1.29 is 22.1 Å². The number of hydrogen-bond donors (Lipinski definition) is 1. The first kappa shape index (κ1) is 26.1. The van der Waals surface area contributed by atoms with Gasteiger partial charge in [0.2, 0.25) is 21.8 Å². The molecule has 0 fully saturated rings. The first-order valence-corrected chi connectivity index (χ1v) is 13.8. The Morgan fingerprint density at radius 3 is 2.44 bits per heavy atom. The number of nitrogens with zero attached hydrogens (tertiary/aromatic N) is 5. The second-order valence-electron chi connectivity index (χ2n) is 9.33. The molecule has 0 aliphatic rings. The SMILES string of the molecule is Cn1cc(-c2nc(Nc3ccc(F)c([N+](=O)[O-])c3)nc3c2c(F)cn3S(=O)(=O)Cc2ccccc2)c2ccccc21. The normalized spacial score (nSPS) is 11.8. The van der Waals surface area contributed by atoms with E-state index in [2.05, 4.69) is 15.3 Å². The van der Waals surface area contributed by atoms with Crippen molar-refractivity contribution in [1.29, 1.82) is 0 Å². The van der Waals surface area contributed by atoms with Crippen molar-refractivity contribution in [2.45, 2.75) is 5.75 Å². The van der Waals surface area contributed by atoms with Crippen molar-refractivity contribution in [3.05, 3.63) is 113 Å². The fraction of sp³-hybridized carbons (Fsp3) is 0.0714. The smallest absolute Gasteiger partial charge is 0.306 e. The van der Waals surface area contributed by atoms with E-state index >= 15 is 4.39 Å². The highest BCUT2D eigenvalue weighted by Gasteiger charge is 2.26. The Morgan fingerprint density at radius 2 is 1.68 bits per heavy atom. The highest BCUT2D eigenvalue weighted by atomic mass is 32.2. The standard InChI is InChI=1S/C28H20F2N6O4S/c1-34-14-20(19-9-5-6-10-23(19)34)26-25-22(30)15-35(41(39,40)16-17-7-3-2-4-8-17)27(25)33-28(32-26)31-18-11-12-21(29)24(13-18)36(37)38/h2-15H,16H2,1H3,(H,31,32,33). The number of fused-ring (bicyclic) bond motifs is 2. The van der Waals surface area contributed by atoms with Crippen LogP contribution in [0.15, 0.2) is 85.2 Å². The molecule has 3 aromatic heterocycles. The molecule has 0 unspecified atom stereocenters. The third kappa shape index (κ3) is 4.65. The molecule has 0 bridgehead atoms. The molecule has 6 rings (SSSR count). The fourth-order valence-corrected chi connectivity index (χ4v) is 6.17. The van der Waals surface area contributed by atoms with Gasteiger partial charge in [0.25, 0.3) is 0 Å². The number of aryl methyl sites for hydroxylation is 1. The van der Waals surface area contributed by atoms with E-state index in [9.17, 15) is 22.9 Å². The number of benzene rings is 3. The molecular formula is C28H20F2N6O4S. The summed E-state index contributed by atoms with van der Waals surface area (Å²) in [6.45, 7) is 0. The van der Waals surface area contributed by atoms with E-state index in [4.69, 9.17) is 0 Å². The van der Waals surface area contributed by atoms with Crippen molar-refractivity contribution in [2.24, 2.45) is 7.05 Å².